The van der Waals surface area contributed by atoms with Gasteiger partial charge in [-0.25, -0.2) is 0 Å². The third-order valence-electron chi connectivity index (χ3n) is 10.3. The second kappa shape index (κ2) is 15.4. The minimum Gasteiger partial charge on any atom is -0.311 e. The molecule has 0 atom stereocenters. The lowest BCUT2D eigenvalue weighted by atomic mass is 9.91. The van der Waals surface area contributed by atoms with Gasteiger partial charge < -0.3 is 4.90 Å². The van der Waals surface area contributed by atoms with Crippen LogP contribution in [0.1, 0.15) is 0 Å². The van der Waals surface area contributed by atoms with Crippen LogP contribution < -0.4 is 4.90 Å². The lowest BCUT2D eigenvalue weighted by Crippen LogP contribution is -2.09. The Balaban J connectivity index is 1.09. The highest BCUT2D eigenvalue weighted by molar-refractivity contribution is 5.89. The Morgan fingerprint density at radius 3 is 0.891 bits per heavy atom. The molecule has 0 heterocycles. The van der Waals surface area contributed by atoms with E-state index in [9.17, 15) is 0 Å². The van der Waals surface area contributed by atoms with Gasteiger partial charge in [-0.1, -0.05) is 194 Å². The predicted molar refractivity (Wildman–Crippen MR) is 234 cm³/mol. The number of anilines is 3. The third-order valence-corrected chi connectivity index (χ3v) is 10.3. The summed E-state index contributed by atoms with van der Waals surface area (Å²) in [6.45, 7) is 0. The molecule has 0 unspecified atom stereocenters. The van der Waals surface area contributed by atoms with Crippen LogP contribution in [0.25, 0.3) is 66.8 Å². The first kappa shape index (κ1) is 33.6. The number of hydrogen-bond donors (Lipinski definition) is 0. The molecule has 0 spiro atoms. The van der Waals surface area contributed by atoms with Crippen LogP contribution in [-0.4, -0.2) is 0 Å². The molecule has 0 amide bonds. The molecule has 9 aromatic carbocycles. The molecule has 0 N–H and O–H groups in total. The van der Waals surface area contributed by atoms with E-state index in [1.165, 1.54) is 66.8 Å². The van der Waals surface area contributed by atoms with E-state index in [1.54, 1.807) is 0 Å². The van der Waals surface area contributed by atoms with Crippen LogP contribution in [0, 0.1) is 0 Å². The maximum absolute atomic E-state index is 2.35. The summed E-state index contributed by atoms with van der Waals surface area (Å²) in [4.78, 5) is 2.35. The second-order valence-electron chi connectivity index (χ2n) is 13.7. The van der Waals surface area contributed by atoms with Crippen LogP contribution >= 0.6 is 0 Å². The Bertz CT molecular complexity index is 2630. The van der Waals surface area contributed by atoms with Crippen LogP contribution in [-0.2, 0) is 0 Å². The van der Waals surface area contributed by atoms with Gasteiger partial charge in [0.1, 0.15) is 0 Å². The summed E-state index contributed by atoms with van der Waals surface area (Å²) in [5.41, 5.74) is 17.8. The first-order valence-corrected chi connectivity index (χ1v) is 18.8. The van der Waals surface area contributed by atoms with Gasteiger partial charge in [-0.15, -0.1) is 0 Å². The quantitative estimate of drug-likeness (QED) is 0.145. The van der Waals surface area contributed by atoms with Crippen molar-refractivity contribution in [2.75, 3.05) is 4.90 Å². The zero-order valence-corrected chi connectivity index (χ0v) is 30.5. The minimum absolute atomic E-state index is 1.10. The smallest absolute Gasteiger partial charge is 0.0462 e. The fourth-order valence-corrected chi connectivity index (χ4v) is 7.53. The van der Waals surface area contributed by atoms with Crippen LogP contribution in [0.15, 0.2) is 237 Å². The molecular formula is C54H39N. The summed E-state index contributed by atoms with van der Waals surface area (Å²) in [5, 5.41) is 0. The molecule has 0 radical (unpaired) electrons. The van der Waals surface area contributed by atoms with Crippen molar-refractivity contribution in [1.82, 2.24) is 0 Å². The van der Waals surface area contributed by atoms with Gasteiger partial charge in [0, 0.05) is 17.1 Å². The van der Waals surface area contributed by atoms with E-state index in [-0.39, 0.29) is 0 Å². The van der Waals surface area contributed by atoms with E-state index in [2.05, 4.69) is 241 Å². The van der Waals surface area contributed by atoms with Gasteiger partial charge in [0.15, 0.2) is 0 Å². The molecule has 1 heteroatoms. The largest absolute Gasteiger partial charge is 0.311 e. The van der Waals surface area contributed by atoms with Crippen molar-refractivity contribution in [2.24, 2.45) is 0 Å². The molecule has 0 saturated carbocycles. The SMILES string of the molecule is c1ccc(-c2ccc(N(c3ccc(-c4ccc(-c5ccccc5)c(-c5ccccc5)c4)cc3)c3ccc(-c4ccccc4-c4ccccc4)cc3)cc2)cc1. The molecule has 0 aromatic heterocycles. The summed E-state index contributed by atoms with van der Waals surface area (Å²) in [6, 6.07) is 84.9. The third kappa shape index (κ3) is 7.12. The zero-order valence-electron chi connectivity index (χ0n) is 30.5. The molecule has 9 rings (SSSR count). The van der Waals surface area contributed by atoms with E-state index in [0.717, 1.165) is 17.1 Å². The summed E-state index contributed by atoms with van der Waals surface area (Å²) in [7, 11) is 0. The Morgan fingerprint density at radius 2 is 0.455 bits per heavy atom. The average molecular weight is 702 g/mol. The van der Waals surface area contributed by atoms with Crippen molar-refractivity contribution in [3.63, 3.8) is 0 Å². The molecule has 55 heavy (non-hydrogen) atoms. The average Bonchev–Trinajstić information content (AvgIpc) is 3.28. The maximum Gasteiger partial charge on any atom is 0.0462 e. The maximum atomic E-state index is 2.35. The number of hydrogen-bond acceptors (Lipinski definition) is 1. The van der Waals surface area contributed by atoms with Crippen LogP contribution in [0.2, 0.25) is 0 Å². The molecule has 0 fully saturated rings. The Hall–Kier alpha value is -7.22. The standard InChI is InChI=1S/C54H39N/c1-5-15-40(16-6-1)41-25-32-48(33-26-41)55(50-36-29-46(30-37-50)52-24-14-13-23-51(52)43-17-7-2-8-18-43)49-34-27-42(28-35-49)47-31-38-53(44-19-9-3-10-20-44)54(39-47)45-21-11-4-12-22-45/h1-39H. The van der Waals surface area contributed by atoms with Gasteiger partial charge in [-0.05, 0) is 109 Å². The molecule has 0 aliphatic heterocycles. The summed E-state index contributed by atoms with van der Waals surface area (Å²) in [5.74, 6) is 0. The molecular weight excluding hydrogens is 663 g/mol. The molecule has 1 nitrogen and oxygen atoms in total. The van der Waals surface area contributed by atoms with Crippen LogP contribution in [0.4, 0.5) is 17.1 Å². The fraction of sp³-hybridized carbons (Fsp3) is 0. The van der Waals surface area contributed by atoms with Gasteiger partial charge in [0.25, 0.3) is 0 Å². The Morgan fingerprint density at radius 1 is 0.182 bits per heavy atom. The summed E-state index contributed by atoms with van der Waals surface area (Å²) >= 11 is 0. The number of rotatable bonds is 9. The van der Waals surface area contributed by atoms with E-state index < -0.39 is 0 Å². The van der Waals surface area contributed by atoms with E-state index >= 15 is 0 Å². The zero-order chi connectivity index (χ0) is 36.8. The normalized spacial score (nSPS) is 10.9. The fourth-order valence-electron chi connectivity index (χ4n) is 7.53. The van der Waals surface area contributed by atoms with Crippen LogP contribution in [0.3, 0.4) is 0 Å². The molecule has 0 bridgehead atoms. The summed E-state index contributed by atoms with van der Waals surface area (Å²) < 4.78 is 0. The predicted octanol–water partition coefficient (Wildman–Crippen LogP) is 15.2. The van der Waals surface area contributed by atoms with Gasteiger partial charge in [0.05, 0.1) is 0 Å². The minimum atomic E-state index is 1.10. The Labute approximate surface area is 324 Å². The highest BCUT2D eigenvalue weighted by atomic mass is 15.1. The topological polar surface area (TPSA) is 3.24 Å². The van der Waals surface area contributed by atoms with Gasteiger partial charge in [-0.3, -0.25) is 0 Å². The van der Waals surface area contributed by atoms with E-state index in [4.69, 9.17) is 0 Å². The second-order valence-corrected chi connectivity index (χ2v) is 13.7. The monoisotopic (exact) mass is 701 g/mol. The number of benzene rings is 9. The van der Waals surface area contributed by atoms with Gasteiger partial charge in [-0.2, -0.15) is 0 Å². The van der Waals surface area contributed by atoms with Crippen molar-refractivity contribution in [1.29, 1.82) is 0 Å². The van der Waals surface area contributed by atoms with Gasteiger partial charge >= 0.3 is 0 Å². The molecule has 260 valence electrons. The first-order chi connectivity index (χ1) is 27.3. The lowest BCUT2D eigenvalue weighted by Gasteiger charge is -2.26. The number of nitrogens with zero attached hydrogens (tertiary/aromatic N) is 1. The van der Waals surface area contributed by atoms with E-state index in [1.807, 2.05) is 0 Å². The highest BCUT2D eigenvalue weighted by Gasteiger charge is 2.16. The van der Waals surface area contributed by atoms with E-state index in [0.29, 0.717) is 0 Å². The van der Waals surface area contributed by atoms with Crippen molar-refractivity contribution in [3.8, 4) is 66.8 Å². The molecule has 9 aromatic rings. The van der Waals surface area contributed by atoms with Crippen LogP contribution in [0.5, 0.6) is 0 Å². The van der Waals surface area contributed by atoms with Crippen molar-refractivity contribution >= 4 is 17.1 Å². The summed E-state index contributed by atoms with van der Waals surface area (Å²) in [6.07, 6.45) is 0. The Kier molecular flexibility index (Phi) is 9.41. The molecule has 0 aliphatic rings. The molecule has 0 aliphatic carbocycles. The van der Waals surface area contributed by atoms with Crippen molar-refractivity contribution < 1.29 is 0 Å². The lowest BCUT2D eigenvalue weighted by molar-refractivity contribution is 1.28. The highest BCUT2D eigenvalue weighted by Crippen LogP contribution is 2.40. The first-order valence-electron chi connectivity index (χ1n) is 18.8. The van der Waals surface area contributed by atoms with Gasteiger partial charge in [0.2, 0.25) is 0 Å². The van der Waals surface area contributed by atoms with Crippen molar-refractivity contribution in [2.45, 2.75) is 0 Å². The molecule has 0 saturated heterocycles. The van der Waals surface area contributed by atoms with Crippen molar-refractivity contribution in [3.05, 3.63) is 237 Å².